The monoisotopic (exact) mass is 276 g/mol. The normalized spacial score (nSPS) is 14.6. The molecule has 1 heterocycles. The summed E-state index contributed by atoms with van der Waals surface area (Å²) in [5, 5.41) is 13.9. The SMILES string of the molecule is O=C(O)c1c(C2CC2)nn(Cc2ccccc2)c1Cl. The zero-order valence-corrected chi connectivity index (χ0v) is 11.0. The van der Waals surface area contributed by atoms with Crippen molar-refractivity contribution in [2.45, 2.75) is 25.3 Å². The van der Waals surface area contributed by atoms with E-state index < -0.39 is 5.97 Å². The van der Waals surface area contributed by atoms with Gasteiger partial charge in [0.2, 0.25) is 0 Å². The van der Waals surface area contributed by atoms with E-state index in [1.165, 1.54) is 0 Å². The Hall–Kier alpha value is -1.81. The summed E-state index contributed by atoms with van der Waals surface area (Å²) in [6, 6.07) is 9.75. The lowest BCUT2D eigenvalue weighted by Gasteiger charge is -2.02. The maximum Gasteiger partial charge on any atom is 0.340 e. The summed E-state index contributed by atoms with van der Waals surface area (Å²) < 4.78 is 1.58. The third-order valence-corrected chi connectivity index (χ3v) is 3.65. The molecule has 0 bridgehead atoms. The van der Waals surface area contributed by atoms with Crippen molar-refractivity contribution in [1.82, 2.24) is 9.78 Å². The van der Waals surface area contributed by atoms with E-state index in [1.54, 1.807) is 4.68 Å². The van der Waals surface area contributed by atoms with Gasteiger partial charge in [-0.15, -0.1) is 0 Å². The molecule has 19 heavy (non-hydrogen) atoms. The number of carboxylic acids is 1. The lowest BCUT2D eigenvalue weighted by atomic mass is 10.2. The van der Waals surface area contributed by atoms with Crippen molar-refractivity contribution < 1.29 is 9.90 Å². The largest absolute Gasteiger partial charge is 0.478 e. The number of aromatic nitrogens is 2. The fourth-order valence-electron chi connectivity index (χ4n) is 2.16. The van der Waals surface area contributed by atoms with E-state index in [-0.39, 0.29) is 16.6 Å². The number of benzene rings is 1. The van der Waals surface area contributed by atoms with Gasteiger partial charge in [-0.05, 0) is 18.4 Å². The van der Waals surface area contributed by atoms with Crippen molar-refractivity contribution in [3.05, 3.63) is 52.3 Å². The zero-order chi connectivity index (χ0) is 13.4. The zero-order valence-electron chi connectivity index (χ0n) is 10.2. The van der Waals surface area contributed by atoms with Gasteiger partial charge in [0.1, 0.15) is 10.7 Å². The first-order valence-corrected chi connectivity index (χ1v) is 6.58. The third-order valence-electron chi connectivity index (χ3n) is 3.27. The maximum absolute atomic E-state index is 11.3. The summed E-state index contributed by atoms with van der Waals surface area (Å²) in [5.41, 5.74) is 1.85. The van der Waals surface area contributed by atoms with Gasteiger partial charge in [0.05, 0.1) is 12.2 Å². The maximum atomic E-state index is 11.3. The number of aromatic carboxylic acids is 1. The van der Waals surface area contributed by atoms with E-state index >= 15 is 0 Å². The van der Waals surface area contributed by atoms with Crippen molar-refractivity contribution in [2.24, 2.45) is 0 Å². The van der Waals surface area contributed by atoms with Crippen LogP contribution < -0.4 is 0 Å². The highest BCUT2D eigenvalue weighted by Crippen LogP contribution is 2.42. The van der Waals surface area contributed by atoms with Gasteiger partial charge in [0, 0.05) is 5.92 Å². The molecule has 1 aromatic carbocycles. The Morgan fingerprint density at radius 2 is 2.05 bits per heavy atom. The molecule has 0 aliphatic heterocycles. The second-order valence-corrected chi connectivity index (χ2v) is 5.13. The molecule has 1 N–H and O–H groups in total. The number of halogens is 1. The van der Waals surface area contributed by atoms with Gasteiger partial charge in [-0.2, -0.15) is 5.10 Å². The molecule has 0 spiro atoms. The molecule has 3 rings (SSSR count). The van der Waals surface area contributed by atoms with E-state index in [0.29, 0.717) is 12.2 Å². The Balaban J connectivity index is 1.98. The van der Waals surface area contributed by atoms with Crippen LogP contribution in [0.15, 0.2) is 30.3 Å². The van der Waals surface area contributed by atoms with Crippen LogP contribution in [0.1, 0.15) is 40.4 Å². The van der Waals surface area contributed by atoms with Gasteiger partial charge >= 0.3 is 5.97 Å². The number of rotatable bonds is 4. The third kappa shape index (κ3) is 2.36. The molecule has 0 unspecified atom stereocenters. The molecule has 0 atom stereocenters. The first-order valence-electron chi connectivity index (χ1n) is 6.20. The van der Waals surface area contributed by atoms with Gasteiger partial charge in [-0.25, -0.2) is 9.48 Å². The molecule has 4 nitrogen and oxygen atoms in total. The topological polar surface area (TPSA) is 55.1 Å². The molecule has 5 heteroatoms. The minimum Gasteiger partial charge on any atom is -0.478 e. The Labute approximate surface area is 115 Å². The summed E-state index contributed by atoms with van der Waals surface area (Å²) in [4.78, 5) is 11.3. The molecule has 0 radical (unpaired) electrons. The minimum absolute atomic E-state index is 0.167. The standard InChI is InChI=1S/C14H13ClN2O2/c15-13-11(14(18)19)12(10-6-7-10)16-17(13)8-9-4-2-1-3-5-9/h1-5,10H,6-8H2,(H,18,19). The Kier molecular flexibility index (Phi) is 3.03. The Morgan fingerprint density at radius 3 is 2.63 bits per heavy atom. The van der Waals surface area contributed by atoms with Crippen molar-refractivity contribution in [3.63, 3.8) is 0 Å². The number of hydrogen-bond donors (Lipinski definition) is 1. The molecule has 1 saturated carbocycles. The summed E-state index contributed by atoms with van der Waals surface area (Å²) >= 11 is 6.17. The molecule has 1 aliphatic rings. The summed E-state index contributed by atoms with van der Waals surface area (Å²) in [6.07, 6.45) is 2.00. The van der Waals surface area contributed by atoms with Crippen LogP contribution in [0.25, 0.3) is 0 Å². The van der Waals surface area contributed by atoms with E-state index in [9.17, 15) is 9.90 Å². The summed E-state index contributed by atoms with van der Waals surface area (Å²) in [6.45, 7) is 0.493. The fourth-order valence-corrected chi connectivity index (χ4v) is 2.44. The highest BCUT2D eigenvalue weighted by atomic mass is 35.5. The average Bonchev–Trinajstić information content (AvgIpc) is 3.17. The molecule has 2 aromatic rings. The number of carbonyl (C=O) groups is 1. The van der Waals surface area contributed by atoms with E-state index in [4.69, 9.17) is 11.6 Å². The molecule has 0 saturated heterocycles. The van der Waals surface area contributed by atoms with Crippen molar-refractivity contribution >= 4 is 17.6 Å². The molecule has 1 aromatic heterocycles. The molecular formula is C14H13ClN2O2. The van der Waals surface area contributed by atoms with Crippen LogP contribution in [0, 0.1) is 0 Å². The van der Waals surface area contributed by atoms with Gasteiger partial charge < -0.3 is 5.11 Å². The molecule has 98 valence electrons. The number of nitrogens with zero attached hydrogens (tertiary/aromatic N) is 2. The van der Waals surface area contributed by atoms with Gasteiger partial charge in [0.15, 0.2) is 0 Å². The predicted molar refractivity (Wildman–Crippen MR) is 71.7 cm³/mol. The van der Waals surface area contributed by atoms with Crippen molar-refractivity contribution in [2.75, 3.05) is 0 Å². The van der Waals surface area contributed by atoms with Crippen molar-refractivity contribution in [3.8, 4) is 0 Å². The lowest BCUT2D eigenvalue weighted by Crippen LogP contribution is -2.02. The van der Waals surface area contributed by atoms with E-state index in [2.05, 4.69) is 5.10 Å². The Morgan fingerprint density at radius 1 is 1.37 bits per heavy atom. The molecular weight excluding hydrogens is 264 g/mol. The second kappa shape index (κ2) is 4.70. The molecule has 1 aliphatic carbocycles. The van der Waals surface area contributed by atoms with E-state index in [1.807, 2.05) is 30.3 Å². The van der Waals surface area contributed by atoms with Gasteiger partial charge in [-0.3, -0.25) is 0 Å². The highest BCUT2D eigenvalue weighted by Gasteiger charge is 2.34. The van der Waals surface area contributed by atoms with Crippen LogP contribution in [0.3, 0.4) is 0 Å². The van der Waals surface area contributed by atoms with Crippen LogP contribution in [0.4, 0.5) is 0 Å². The first-order chi connectivity index (χ1) is 9.16. The lowest BCUT2D eigenvalue weighted by molar-refractivity contribution is 0.0695. The Bertz CT molecular complexity index is 618. The van der Waals surface area contributed by atoms with Gasteiger partial charge in [-0.1, -0.05) is 41.9 Å². The first kappa shape index (κ1) is 12.2. The summed E-state index contributed by atoms with van der Waals surface area (Å²) in [7, 11) is 0. The molecule has 0 amide bonds. The van der Waals surface area contributed by atoms with Crippen molar-refractivity contribution in [1.29, 1.82) is 0 Å². The average molecular weight is 277 g/mol. The number of carboxylic acid groups (broad SMARTS) is 1. The minimum atomic E-state index is -0.994. The number of hydrogen-bond acceptors (Lipinski definition) is 2. The highest BCUT2D eigenvalue weighted by molar-refractivity contribution is 6.32. The van der Waals surface area contributed by atoms with Crippen LogP contribution in [-0.2, 0) is 6.54 Å². The smallest absolute Gasteiger partial charge is 0.340 e. The van der Waals surface area contributed by atoms with Crippen LogP contribution in [0.2, 0.25) is 5.15 Å². The quantitative estimate of drug-likeness (QED) is 0.933. The van der Waals surface area contributed by atoms with Gasteiger partial charge in [0.25, 0.3) is 0 Å². The second-order valence-electron chi connectivity index (χ2n) is 4.77. The summed E-state index contributed by atoms with van der Waals surface area (Å²) in [5.74, 6) is -0.730. The predicted octanol–water partition coefficient (Wildman–Crippen LogP) is 3.16. The molecule has 1 fully saturated rings. The van der Waals surface area contributed by atoms with Crippen LogP contribution in [-0.4, -0.2) is 20.9 Å². The van der Waals surface area contributed by atoms with E-state index in [0.717, 1.165) is 18.4 Å². The van der Waals surface area contributed by atoms with Crippen LogP contribution in [0.5, 0.6) is 0 Å². The van der Waals surface area contributed by atoms with Crippen LogP contribution >= 0.6 is 11.6 Å². The fraction of sp³-hybridized carbons (Fsp3) is 0.286.